The van der Waals surface area contributed by atoms with Gasteiger partial charge in [-0.3, -0.25) is 4.90 Å². The van der Waals surface area contributed by atoms with E-state index in [1.807, 2.05) is 6.33 Å². The van der Waals surface area contributed by atoms with Gasteiger partial charge in [-0.15, -0.1) is 0 Å². The van der Waals surface area contributed by atoms with Gasteiger partial charge in [0.05, 0.1) is 18.6 Å². The zero-order chi connectivity index (χ0) is 15.5. The van der Waals surface area contributed by atoms with Crippen molar-refractivity contribution in [2.75, 3.05) is 19.8 Å². The first-order chi connectivity index (χ1) is 10.6. The Bertz CT molecular complexity index is 591. The molecule has 0 bridgehead atoms. The average molecular weight is 319 g/mol. The molecule has 0 spiro atoms. The van der Waals surface area contributed by atoms with Crippen LogP contribution in [-0.2, 0) is 24.9 Å². The molecular formula is C17H25N3OS. The molecule has 0 aromatic carbocycles. The van der Waals surface area contributed by atoms with Gasteiger partial charge in [-0.05, 0) is 28.3 Å². The van der Waals surface area contributed by atoms with Crippen molar-refractivity contribution in [1.29, 1.82) is 0 Å². The van der Waals surface area contributed by atoms with Crippen LogP contribution in [0, 0.1) is 5.92 Å². The van der Waals surface area contributed by atoms with Crippen LogP contribution >= 0.6 is 11.3 Å². The normalized spacial score (nSPS) is 18.8. The van der Waals surface area contributed by atoms with Crippen molar-refractivity contribution in [2.45, 2.75) is 32.9 Å². The van der Waals surface area contributed by atoms with Crippen molar-refractivity contribution < 1.29 is 4.74 Å². The standard InChI is InChI=1S/C17H25N3OS/c1-13(2)9-21-10-15-7-20(6-14-4-5-22-11-14)8-16-17(15)19(3)12-18-16/h4-5,11-13,15H,6-10H2,1-3H3/t15-/m0/s1. The third-order valence-electron chi connectivity index (χ3n) is 4.06. The summed E-state index contributed by atoms with van der Waals surface area (Å²) in [5.74, 6) is 0.991. The molecule has 0 fully saturated rings. The monoisotopic (exact) mass is 319 g/mol. The van der Waals surface area contributed by atoms with Crippen LogP contribution in [0.3, 0.4) is 0 Å². The summed E-state index contributed by atoms with van der Waals surface area (Å²) in [5, 5.41) is 4.38. The number of nitrogens with zero attached hydrogens (tertiary/aromatic N) is 3. The van der Waals surface area contributed by atoms with Gasteiger partial charge in [0.1, 0.15) is 0 Å². The number of thiophene rings is 1. The van der Waals surface area contributed by atoms with Crippen molar-refractivity contribution in [3.8, 4) is 0 Å². The summed E-state index contributed by atoms with van der Waals surface area (Å²) in [5.41, 5.74) is 3.96. The topological polar surface area (TPSA) is 30.3 Å². The van der Waals surface area contributed by atoms with Crippen LogP contribution < -0.4 is 0 Å². The first kappa shape index (κ1) is 15.7. The van der Waals surface area contributed by atoms with Crippen molar-refractivity contribution in [2.24, 2.45) is 13.0 Å². The lowest BCUT2D eigenvalue weighted by molar-refractivity contribution is 0.0769. The van der Waals surface area contributed by atoms with E-state index in [2.05, 4.69) is 52.2 Å². The predicted molar refractivity (Wildman–Crippen MR) is 90.0 cm³/mol. The van der Waals surface area contributed by atoms with E-state index in [9.17, 15) is 0 Å². The van der Waals surface area contributed by atoms with Gasteiger partial charge in [-0.25, -0.2) is 4.98 Å². The fourth-order valence-corrected chi connectivity index (χ4v) is 3.81. The molecule has 3 rings (SSSR count). The van der Waals surface area contributed by atoms with E-state index in [1.54, 1.807) is 11.3 Å². The minimum Gasteiger partial charge on any atom is -0.380 e. The van der Waals surface area contributed by atoms with Gasteiger partial charge < -0.3 is 9.30 Å². The molecule has 0 N–H and O–H groups in total. The zero-order valence-electron chi connectivity index (χ0n) is 13.7. The smallest absolute Gasteiger partial charge is 0.0949 e. The molecule has 5 heteroatoms. The van der Waals surface area contributed by atoms with Crippen LogP contribution in [0.4, 0.5) is 0 Å². The highest BCUT2D eigenvalue weighted by molar-refractivity contribution is 7.07. The van der Waals surface area contributed by atoms with Crippen LogP contribution in [0.1, 0.15) is 36.7 Å². The number of hydrogen-bond donors (Lipinski definition) is 0. The number of ether oxygens (including phenoxy) is 1. The third kappa shape index (κ3) is 3.59. The van der Waals surface area contributed by atoms with Gasteiger partial charge in [-0.2, -0.15) is 11.3 Å². The number of fused-ring (bicyclic) bond motifs is 1. The molecule has 0 aliphatic carbocycles. The summed E-state index contributed by atoms with van der Waals surface area (Å²) in [4.78, 5) is 7.08. The van der Waals surface area contributed by atoms with Crippen LogP contribution in [0.5, 0.6) is 0 Å². The summed E-state index contributed by atoms with van der Waals surface area (Å²) in [6, 6.07) is 2.21. The Kier molecular flexibility index (Phi) is 4.96. The first-order valence-corrected chi connectivity index (χ1v) is 8.89. The van der Waals surface area contributed by atoms with E-state index >= 15 is 0 Å². The van der Waals surface area contributed by atoms with E-state index in [1.165, 1.54) is 17.0 Å². The Morgan fingerprint density at radius 1 is 1.45 bits per heavy atom. The molecule has 0 radical (unpaired) electrons. The van der Waals surface area contributed by atoms with Gasteiger partial charge in [0.25, 0.3) is 0 Å². The maximum Gasteiger partial charge on any atom is 0.0949 e. The lowest BCUT2D eigenvalue weighted by atomic mass is 9.98. The number of hydrogen-bond acceptors (Lipinski definition) is 4. The van der Waals surface area contributed by atoms with E-state index in [0.717, 1.165) is 32.8 Å². The molecule has 1 atom stereocenters. The summed E-state index contributed by atoms with van der Waals surface area (Å²) in [6.07, 6.45) is 1.94. The number of rotatable bonds is 6. The Hall–Kier alpha value is -1.17. The van der Waals surface area contributed by atoms with E-state index in [-0.39, 0.29) is 0 Å². The molecule has 0 saturated carbocycles. The highest BCUT2D eigenvalue weighted by Gasteiger charge is 2.29. The third-order valence-corrected chi connectivity index (χ3v) is 4.79. The van der Waals surface area contributed by atoms with Gasteiger partial charge in [0.15, 0.2) is 0 Å². The van der Waals surface area contributed by atoms with Crippen LogP contribution in [0.15, 0.2) is 23.2 Å². The second-order valence-electron chi connectivity index (χ2n) is 6.62. The quantitative estimate of drug-likeness (QED) is 0.819. The highest BCUT2D eigenvalue weighted by atomic mass is 32.1. The minimum absolute atomic E-state index is 0.411. The lowest BCUT2D eigenvalue weighted by Crippen LogP contribution is -2.36. The SMILES string of the molecule is CC(C)COC[C@@H]1CN(Cc2ccsc2)Cc2ncn(C)c21. The van der Waals surface area contributed by atoms with E-state index in [4.69, 9.17) is 4.74 Å². The summed E-state index contributed by atoms with van der Waals surface area (Å²) in [7, 11) is 2.09. The number of aryl methyl sites for hydroxylation is 1. The Labute approximate surface area is 136 Å². The molecule has 0 unspecified atom stereocenters. The van der Waals surface area contributed by atoms with Gasteiger partial charge >= 0.3 is 0 Å². The van der Waals surface area contributed by atoms with E-state index < -0.39 is 0 Å². The van der Waals surface area contributed by atoms with Crippen molar-refractivity contribution in [1.82, 2.24) is 14.5 Å². The lowest BCUT2D eigenvalue weighted by Gasteiger charge is -2.32. The first-order valence-electron chi connectivity index (χ1n) is 7.94. The summed E-state index contributed by atoms with van der Waals surface area (Å²) < 4.78 is 8.10. The zero-order valence-corrected chi connectivity index (χ0v) is 14.5. The second-order valence-corrected chi connectivity index (χ2v) is 7.40. The summed E-state index contributed by atoms with van der Waals surface area (Å²) >= 11 is 1.76. The summed E-state index contributed by atoms with van der Waals surface area (Å²) in [6.45, 7) is 8.98. The van der Waals surface area contributed by atoms with Crippen LogP contribution in [-0.4, -0.2) is 34.2 Å². The fourth-order valence-electron chi connectivity index (χ4n) is 3.15. The molecule has 22 heavy (non-hydrogen) atoms. The molecule has 120 valence electrons. The molecule has 1 aliphatic heterocycles. The highest BCUT2D eigenvalue weighted by Crippen LogP contribution is 2.29. The minimum atomic E-state index is 0.411. The average Bonchev–Trinajstić information content (AvgIpc) is 3.09. The Balaban J connectivity index is 1.70. The van der Waals surface area contributed by atoms with Gasteiger partial charge in [-0.1, -0.05) is 13.8 Å². The molecule has 2 aromatic rings. The molecule has 0 amide bonds. The largest absolute Gasteiger partial charge is 0.380 e. The van der Waals surface area contributed by atoms with Gasteiger partial charge in [0, 0.05) is 44.9 Å². The maximum absolute atomic E-state index is 5.93. The molecule has 1 aliphatic rings. The maximum atomic E-state index is 5.93. The molecule has 0 saturated heterocycles. The predicted octanol–water partition coefficient (Wildman–Crippen LogP) is 3.25. The Morgan fingerprint density at radius 3 is 3.05 bits per heavy atom. The second kappa shape index (κ2) is 6.94. The van der Waals surface area contributed by atoms with Crippen LogP contribution in [0.25, 0.3) is 0 Å². The van der Waals surface area contributed by atoms with Crippen molar-refractivity contribution in [3.05, 3.63) is 40.1 Å². The number of imidazole rings is 1. The fraction of sp³-hybridized carbons (Fsp3) is 0.588. The molecular weight excluding hydrogens is 294 g/mol. The van der Waals surface area contributed by atoms with E-state index in [0.29, 0.717) is 11.8 Å². The molecule has 2 aromatic heterocycles. The van der Waals surface area contributed by atoms with Gasteiger partial charge in [0.2, 0.25) is 0 Å². The number of aromatic nitrogens is 2. The van der Waals surface area contributed by atoms with Crippen LogP contribution in [0.2, 0.25) is 0 Å². The Morgan fingerprint density at radius 2 is 2.32 bits per heavy atom. The molecule has 4 nitrogen and oxygen atoms in total. The van der Waals surface area contributed by atoms with Crippen molar-refractivity contribution in [3.63, 3.8) is 0 Å². The van der Waals surface area contributed by atoms with Crippen molar-refractivity contribution >= 4 is 11.3 Å². The molecule has 3 heterocycles.